The number of carbonyl (C=O) groups excluding carboxylic acids is 1. The predicted octanol–water partition coefficient (Wildman–Crippen LogP) is 1.67. The summed E-state index contributed by atoms with van der Waals surface area (Å²) in [4.78, 5) is 21.5. The molecule has 0 aliphatic rings. The number of rotatable bonds is 6. The van der Waals surface area contributed by atoms with E-state index in [1.165, 1.54) is 18.2 Å². The Morgan fingerprint density at radius 3 is 2.89 bits per heavy atom. The molecule has 2 N–H and O–H groups in total. The average molecular weight is 254 g/mol. The molecule has 1 amide bonds. The fraction of sp³-hybridized carbons (Fsp3) is 0.364. The summed E-state index contributed by atoms with van der Waals surface area (Å²) in [6.07, 6.45) is 0.768. The average Bonchev–Trinajstić information content (AvgIpc) is 2.31. The van der Waals surface area contributed by atoms with E-state index < -0.39 is 10.8 Å². The van der Waals surface area contributed by atoms with Gasteiger partial charge in [-0.25, -0.2) is 0 Å². The van der Waals surface area contributed by atoms with Crippen molar-refractivity contribution in [3.63, 3.8) is 0 Å². The maximum Gasteiger partial charge on any atom is 0.296 e. The Hall–Kier alpha value is -2.15. The zero-order chi connectivity index (χ0) is 13.5. The third-order valence-electron chi connectivity index (χ3n) is 2.06. The lowest BCUT2D eigenvalue weighted by Gasteiger charge is -2.07. The molecule has 0 saturated carbocycles. The van der Waals surface area contributed by atoms with Crippen molar-refractivity contribution >= 4 is 17.3 Å². The van der Waals surface area contributed by atoms with Gasteiger partial charge in [-0.3, -0.25) is 14.9 Å². The number of nitro benzene ring substituents is 1. The standard InChI is InChI=1S/C11H14N2O5/c1-2-6-18-7-10(15)12-11-8(13(16)17)4-3-5-9(11)14/h3-5,14H,2,6-7H2,1H3,(H,12,15). The maximum atomic E-state index is 11.4. The van der Waals surface area contributed by atoms with Gasteiger partial charge in [0.05, 0.1) is 4.92 Å². The third-order valence-corrected chi connectivity index (χ3v) is 2.06. The quantitative estimate of drug-likeness (QED) is 0.348. The molecular weight excluding hydrogens is 240 g/mol. The molecule has 98 valence electrons. The van der Waals surface area contributed by atoms with Gasteiger partial charge in [0, 0.05) is 12.7 Å². The molecule has 0 atom stereocenters. The number of benzene rings is 1. The van der Waals surface area contributed by atoms with Crippen LogP contribution in [-0.2, 0) is 9.53 Å². The van der Waals surface area contributed by atoms with Crippen molar-refractivity contribution in [2.24, 2.45) is 0 Å². The van der Waals surface area contributed by atoms with Crippen LogP contribution in [0.2, 0.25) is 0 Å². The second-order valence-electron chi connectivity index (χ2n) is 3.53. The van der Waals surface area contributed by atoms with Gasteiger partial charge in [-0.2, -0.15) is 0 Å². The monoisotopic (exact) mass is 254 g/mol. The lowest BCUT2D eigenvalue weighted by molar-refractivity contribution is -0.384. The second-order valence-corrected chi connectivity index (χ2v) is 3.53. The van der Waals surface area contributed by atoms with E-state index in [0.29, 0.717) is 6.61 Å². The zero-order valence-electron chi connectivity index (χ0n) is 9.88. The zero-order valence-corrected chi connectivity index (χ0v) is 9.88. The number of phenols is 1. The van der Waals surface area contributed by atoms with Crippen molar-refractivity contribution in [1.82, 2.24) is 0 Å². The van der Waals surface area contributed by atoms with Crippen LogP contribution in [0.3, 0.4) is 0 Å². The highest BCUT2D eigenvalue weighted by molar-refractivity contribution is 5.95. The van der Waals surface area contributed by atoms with E-state index in [1.807, 2.05) is 6.92 Å². The smallest absolute Gasteiger partial charge is 0.296 e. The van der Waals surface area contributed by atoms with Gasteiger partial charge in [-0.05, 0) is 12.5 Å². The van der Waals surface area contributed by atoms with Crippen LogP contribution in [0, 0.1) is 10.1 Å². The first-order valence-electron chi connectivity index (χ1n) is 5.40. The molecule has 0 spiro atoms. The Bertz CT molecular complexity index is 447. The number of hydrogen-bond acceptors (Lipinski definition) is 5. The summed E-state index contributed by atoms with van der Waals surface area (Å²) >= 11 is 0. The minimum absolute atomic E-state index is 0.209. The Labute approximate surface area is 104 Å². The molecule has 0 unspecified atom stereocenters. The van der Waals surface area contributed by atoms with Crippen LogP contribution in [0.1, 0.15) is 13.3 Å². The molecule has 0 aliphatic heterocycles. The van der Waals surface area contributed by atoms with E-state index in [2.05, 4.69) is 5.32 Å². The highest BCUT2D eigenvalue weighted by Crippen LogP contribution is 2.32. The highest BCUT2D eigenvalue weighted by Gasteiger charge is 2.19. The third kappa shape index (κ3) is 3.70. The molecule has 7 heteroatoms. The molecule has 1 rings (SSSR count). The maximum absolute atomic E-state index is 11.4. The topological polar surface area (TPSA) is 102 Å². The van der Waals surface area contributed by atoms with Crippen LogP contribution < -0.4 is 5.32 Å². The minimum atomic E-state index is -0.678. The lowest BCUT2D eigenvalue weighted by Crippen LogP contribution is -2.19. The molecule has 0 aromatic heterocycles. The van der Waals surface area contributed by atoms with Crippen molar-refractivity contribution in [2.75, 3.05) is 18.5 Å². The molecule has 0 radical (unpaired) electrons. The number of carbonyl (C=O) groups is 1. The summed E-state index contributed by atoms with van der Waals surface area (Å²) in [5.41, 5.74) is -0.577. The normalized spacial score (nSPS) is 10.1. The molecule has 0 heterocycles. The number of para-hydroxylation sites is 1. The summed E-state index contributed by atoms with van der Waals surface area (Å²) in [6.45, 7) is 2.11. The molecule has 7 nitrogen and oxygen atoms in total. The first-order chi connectivity index (χ1) is 8.56. The molecule has 0 aliphatic carbocycles. The van der Waals surface area contributed by atoms with Crippen LogP contribution >= 0.6 is 0 Å². The van der Waals surface area contributed by atoms with Crippen LogP contribution in [0.25, 0.3) is 0 Å². The minimum Gasteiger partial charge on any atom is -0.505 e. The van der Waals surface area contributed by atoms with E-state index in [0.717, 1.165) is 6.42 Å². The molecule has 18 heavy (non-hydrogen) atoms. The van der Waals surface area contributed by atoms with Crippen molar-refractivity contribution in [3.05, 3.63) is 28.3 Å². The van der Waals surface area contributed by atoms with E-state index in [9.17, 15) is 20.0 Å². The van der Waals surface area contributed by atoms with E-state index in [1.54, 1.807) is 0 Å². The summed E-state index contributed by atoms with van der Waals surface area (Å²) in [7, 11) is 0. The van der Waals surface area contributed by atoms with Crippen LogP contribution in [0.5, 0.6) is 5.75 Å². The largest absolute Gasteiger partial charge is 0.505 e. The summed E-state index contributed by atoms with van der Waals surface area (Å²) in [5, 5.41) is 22.5. The van der Waals surface area contributed by atoms with Gasteiger partial charge >= 0.3 is 0 Å². The summed E-state index contributed by atoms with van der Waals surface area (Å²) < 4.78 is 4.99. The van der Waals surface area contributed by atoms with Gasteiger partial charge in [0.25, 0.3) is 11.6 Å². The number of nitro groups is 1. The first-order valence-corrected chi connectivity index (χ1v) is 5.40. The van der Waals surface area contributed by atoms with Crippen LogP contribution in [0.15, 0.2) is 18.2 Å². The van der Waals surface area contributed by atoms with Crippen molar-refractivity contribution in [2.45, 2.75) is 13.3 Å². The van der Waals surface area contributed by atoms with Gasteiger partial charge in [0.2, 0.25) is 0 Å². The fourth-order valence-corrected chi connectivity index (χ4v) is 1.29. The Morgan fingerprint density at radius 1 is 1.56 bits per heavy atom. The van der Waals surface area contributed by atoms with Gasteiger partial charge in [0.1, 0.15) is 12.4 Å². The lowest BCUT2D eigenvalue weighted by atomic mass is 10.2. The molecule has 0 fully saturated rings. The van der Waals surface area contributed by atoms with Gasteiger partial charge < -0.3 is 15.2 Å². The van der Waals surface area contributed by atoms with Crippen molar-refractivity contribution < 1.29 is 19.6 Å². The number of nitrogens with zero attached hydrogens (tertiary/aromatic N) is 1. The molecular formula is C11H14N2O5. The van der Waals surface area contributed by atoms with E-state index >= 15 is 0 Å². The fourth-order valence-electron chi connectivity index (χ4n) is 1.29. The number of anilines is 1. The summed E-state index contributed by atoms with van der Waals surface area (Å²) in [5.74, 6) is -0.902. The van der Waals surface area contributed by atoms with Crippen molar-refractivity contribution in [3.8, 4) is 5.75 Å². The number of nitrogens with one attached hydrogen (secondary N) is 1. The molecule has 1 aromatic carbocycles. The molecule has 0 saturated heterocycles. The number of amides is 1. The Morgan fingerprint density at radius 2 is 2.28 bits per heavy atom. The highest BCUT2D eigenvalue weighted by atomic mass is 16.6. The SMILES string of the molecule is CCCOCC(=O)Nc1c(O)cccc1[N+](=O)[O-]. The number of ether oxygens (including phenoxy) is 1. The van der Waals surface area contributed by atoms with Crippen LogP contribution in [-0.4, -0.2) is 29.2 Å². The predicted molar refractivity (Wildman–Crippen MR) is 64.5 cm³/mol. The Balaban J connectivity index is 2.77. The van der Waals surface area contributed by atoms with E-state index in [4.69, 9.17) is 4.74 Å². The van der Waals surface area contributed by atoms with Gasteiger partial charge in [0.15, 0.2) is 5.69 Å². The van der Waals surface area contributed by atoms with Crippen molar-refractivity contribution in [1.29, 1.82) is 0 Å². The first kappa shape index (κ1) is 13.9. The summed E-state index contributed by atoms with van der Waals surface area (Å²) in [6, 6.07) is 3.79. The second kappa shape index (κ2) is 6.55. The molecule has 0 bridgehead atoms. The Kier molecular flexibility index (Phi) is 5.06. The van der Waals surface area contributed by atoms with Gasteiger partial charge in [-0.1, -0.05) is 13.0 Å². The van der Waals surface area contributed by atoms with Gasteiger partial charge in [-0.15, -0.1) is 0 Å². The molecule has 1 aromatic rings. The number of aromatic hydroxyl groups is 1. The van der Waals surface area contributed by atoms with E-state index in [-0.39, 0.29) is 23.7 Å². The number of phenolic OH excluding ortho intramolecular Hbond substituents is 1. The number of hydrogen-bond donors (Lipinski definition) is 2. The van der Waals surface area contributed by atoms with Crippen LogP contribution in [0.4, 0.5) is 11.4 Å².